The van der Waals surface area contributed by atoms with Crippen LogP contribution in [0.5, 0.6) is 0 Å². The van der Waals surface area contributed by atoms with Crippen LogP contribution >= 0.6 is 0 Å². The molecule has 0 saturated carbocycles. The van der Waals surface area contributed by atoms with Gasteiger partial charge in [0.25, 0.3) is 0 Å². The summed E-state index contributed by atoms with van der Waals surface area (Å²) in [6, 6.07) is 7.00. The minimum absolute atomic E-state index is 0.619. The van der Waals surface area contributed by atoms with Gasteiger partial charge in [0.05, 0.1) is 0 Å². The van der Waals surface area contributed by atoms with Crippen LogP contribution in [0.4, 0.5) is 0 Å². The number of hydrogen-bond acceptors (Lipinski definition) is 2. The van der Waals surface area contributed by atoms with Crippen molar-refractivity contribution in [3.8, 4) is 0 Å². The highest BCUT2D eigenvalue weighted by atomic mass is 16.1. The molecule has 1 aromatic carbocycles. The third kappa shape index (κ3) is 1.88. The second-order valence-electron chi connectivity index (χ2n) is 2.08. The van der Waals surface area contributed by atoms with Gasteiger partial charge in [0.15, 0.2) is 0 Å². The molecule has 0 atom stereocenters. The van der Waals surface area contributed by atoms with Crippen molar-refractivity contribution in [1.82, 2.24) is 0 Å². The zero-order chi connectivity index (χ0) is 8.10. The van der Waals surface area contributed by atoms with Crippen molar-refractivity contribution in [2.45, 2.75) is 0 Å². The van der Waals surface area contributed by atoms with Gasteiger partial charge in [-0.2, -0.15) is 0 Å². The van der Waals surface area contributed by atoms with E-state index < -0.39 is 0 Å². The Morgan fingerprint density at radius 1 is 1.36 bits per heavy atom. The third-order valence-electron chi connectivity index (χ3n) is 1.29. The van der Waals surface area contributed by atoms with Crippen LogP contribution in [0.3, 0.4) is 0 Å². The Morgan fingerprint density at radius 3 is 2.73 bits per heavy atom. The molecule has 0 amide bonds. The van der Waals surface area contributed by atoms with Crippen LogP contribution < -0.4 is 0 Å². The molecule has 11 heavy (non-hydrogen) atoms. The van der Waals surface area contributed by atoms with Gasteiger partial charge in [-0.25, -0.2) is 0 Å². The lowest BCUT2D eigenvalue weighted by molar-refractivity contribution is 0.112. The van der Waals surface area contributed by atoms with Crippen LogP contribution in [0.2, 0.25) is 0 Å². The predicted octanol–water partition coefficient (Wildman–Crippen LogP) is 1.76. The fraction of sp³-hybridized carbons (Fsp3) is 0. The first-order chi connectivity index (χ1) is 5.36. The normalized spacial score (nSPS) is 8.36. The van der Waals surface area contributed by atoms with Crippen molar-refractivity contribution in [2.24, 2.45) is 0 Å². The van der Waals surface area contributed by atoms with Crippen molar-refractivity contribution >= 4 is 18.2 Å². The largest absolute Gasteiger partial charge is 0.298 e. The predicted molar refractivity (Wildman–Crippen MR) is 44.0 cm³/mol. The molecular formula is C9H7NO. The van der Waals surface area contributed by atoms with E-state index >= 15 is 0 Å². The molecule has 0 aliphatic rings. The van der Waals surface area contributed by atoms with Crippen LogP contribution in [0.15, 0.2) is 24.3 Å². The van der Waals surface area contributed by atoms with Crippen LogP contribution in [0, 0.1) is 5.41 Å². The van der Waals surface area contributed by atoms with Crippen molar-refractivity contribution in [2.75, 3.05) is 0 Å². The van der Waals surface area contributed by atoms with Gasteiger partial charge in [-0.3, -0.25) is 10.2 Å². The zero-order valence-corrected chi connectivity index (χ0v) is 5.87. The standard InChI is InChI=1S/C9H7NO/c10-5-4-8-2-1-3-9(6-8)7-11/h1-4,6-7,10H. The summed E-state index contributed by atoms with van der Waals surface area (Å²) < 4.78 is 0. The van der Waals surface area contributed by atoms with Gasteiger partial charge in [0, 0.05) is 11.6 Å². The Morgan fingerprint density at radius 2 is 2.09 bits per heavy atom. The molecule has 0 spiro atoms. The molecule has 0 aromatic heterocycles. The van der Waals surface area contributed by atoms with Gasteiger partial charge >= 0.3 is 0 Å². The maximum Gasteiger partial charge on any atom is 0.150 e. The maximum absolute atomic E-state index is 10.3. The maximum atomic E-state index is 10.3. The SMILES string of the molecule is N=C=Cc1cccc(C=O)c1. The van der Waals surface area contributed by atoms with Crippen LogP contribution in [-0.4, -0.2) is 12.2 Å². The van der Waals surface area contributed by atoms with Crippen molar-refractivity contribution in [1.29, 1.82) is 5.41 Å². The molecule has 0 heterocycles. The van der Waals surface area contributed by atoms with Crippen LogP contribution in [0.1, 0.15) is 15.9 Å². The van der Waals surface area contributed by atoms with Gasteiger partial charge in [-0.15, -0.1) is 0 Å². The van der Waals surface area contributed by atoms with Crippen molar-refractivity contribution in [3.05, 3.63) is 35.4 Å². The van der Waals surface area contributed by atoms with E-state index in [0.717, 1.165) is 11.8 Å². The molecule has 1 N–H and O–H groups in total. The lowest BCUT2D eigenvalue weighted by atomic mass is 10.1. The van der Waals surface area contributed by atoms with Crippen molar-refractivity contribution in [3.63, 3.8) is 0 Å². The molecule has 0 fully saturated rings. The molecule has 2 nitrogen and oxygen atoms in total. The van der Waals surface area contributed by atoms with Gasteiger partial charge in [0.1, 0.15) is 6.29 Å². The molecular weight excluding hydrogens is 138 g/mol. The summed E-state index contributed by atoms with van der Waals surface area (Å²) >= 11 is 0. The molecule has 1 rings (SSSR count). The number of rotatable bonds is 2. The van der Waals surface area contributed by atoms with E-state index in [4.69, 9.17) is 5.41 Å². The number of carbonyl (C=O) groups excluding carboxylic acids is 1. The summed E-state index contributed by atoms with van der Waals surface area (Å²) in [7, 11) is 0. The summed E-state index contributed by atoms with van der Waals surface area (Å²) in [5.41, 5.74) is 1.44. The number of aldehydes is 1. The molecule has 54 valence electrons. The van der Waals surface area contributed by atoms with Gasteiger partial charge < -0.3 is 0 Å². The second kappa shape index (κ2) is 3.49. The van der Waals surface area contributed by atoms with Gasteiger partial charge in [-0.05, 0) is 17.5 Å². The summed E-state index contributed by atoms with van der Waals surface area (Å²) in [4.78, 5) is 10.3. The fourth-order valence-electron chi connectivity index (χ4n) is 0.805. The van der Waals surface area contributed by atoms with E-state index in [9.17, 15) is 4.79 Å². The Balaban J connectivity index is 3.09. The summed E-state index contributed by atoms with van der Waals surface area (Å²) in [6.07, 6.45) is 2.29. The summed E-state index contributed by atoms with van der Waals surface area (Å²) in [5.74, 6) is 2.14. The Labute approximate surface area is 64.7 Å². The summed E-state index contributed by atoms with van der Waals surface area (Å²) in [6.45, 7) is 0. The smallest absolute Gasteiger partial charge is 0.150 e. The molecule has 0 bridgehead atoms. The van der Waals surface area contributed by atoms with E-state index in [1.165, 1.54) is 6.08 Å². The lowest BCUT2D eigenvalue weighted by Gasteiger charge is -1.91. The first kappa shape index (κ1) is 7.45. The molecule has 0 saturated heterocycles. The lowest BCUT2D eigenvalue weighted by Crippen LogP contribution is -1.79. The molecule has 0 unspecified atom stereocenters. The first-order valence-corrected chi connectivity index (χ1v) is 3.17. The molecule has 0 radical (unpaired) electrons. The Kier molecular flexibility index (Phi) is 2.37. The highest BCUT2D eigenvalue weighted by molar-refractivity contribution is 5.80. The van der Waals surface area contributed by atoms with E-state index in [1.54, 1.807) is 18.2 Å². The van der Waals surface area contributed by atoms with E-state index in [2.05, 4.69) is 5.87 Å². The zero-order valence-electron chi connectivity index (χ0n) is 5.87. The average molecular weight is 145 g/mol. The molecule has 0 aliphatic carbocycles. The second-order valence-corrected chi connectivity index (χ2v) is 2.08. The number of nitrogens with one attached hydrogen (secondary N) is 1. The van der Waals surface area contributed by atoms with E-state index in [-0.39, 0.29) is 0 Å². The van der Waals surface area contributed by atoms with Crippen LogP contribution in [-0.2, 0) is 0 Å². The van der Waals surface area contributed by atoms with Gasteiger partial charge in [0.2, 0.25) is 0 Å². The summed E-state index contributed by atoms with van der Waals surface area (Å²) in [5, 5.41) is 6.67. The van der Waals surface area contributed by atoms with Crippen molar-refractivity contribution < 1.29 is 4.79 Å². The van der Waals surface area contributed by atoms with Gasteiger partial charge in [-0.1, -0.05) is 18.2 Å². The molecule has 2 heteroatoms. The van der Waals surface area contributed by atoms with E-state index in [0.29, 0.717) is 5.56 Å². The molecule has 0 aliphatic heterocycles. The number of hydrogen-bond donors (Lipinski definition) is 1. The highest BCUT2D eigenvalue weighted by Gasteiger charge is 1.89. The fourth-order valence-corrected chi connectivity index (χ4v) is 0.805. The third-order valence-corrected chi connectivity index (χ3v) is 1.29. The Bertz CT molecular complexity index is 311. The highest BCUT2D eigenvalue weighted by Crippen LogP contribution is 2.02. The first-order valence-electron chi connectivity index (χ1n) is 3.17. The quantitative estimate of drug-likeness (QED) is 0.500. The average Bonchev–Trinajstić information content (AvgIpc) is 2.06. The van der Waals surface area contributed by atoms with E-state index in [1.807, 2.05) is 6.07 Å². The minimum atomic E-state index is 0.619. The number of carbonyl (C=O) groups is 1. The topological polar surface area (TPSA) is 40.9 Å². The molecule has 1 aromatic rings. The van der Waals surface area contributed by atoms with Crippen LogP contribution in [0.25, 0.3) is 6.08 Å². The Hall–Kier alpha value is -1.66. The monoisotopic (exact) mass is 145 g/mol. The minimum Gasteiger partial charge on any atom is -0.298 e. The number of benzene rings is 1.